The average molecular weight is 372 g/mol. The van der Waals surface area contributed by atoms with Gasteiger partial charge in [0.25, 0.3) is 0 Å². The van der Waals surface area contributed by atoms with Crippen LogP contribution in [0.5, 0.6) is 0 Å². The minimum atomic E-state index is -0.482. The molecule has 1 amide bonds. The fourth-order valence-electron chi connectivity index (χ4n) is 2.92. The summed E-state index contributed by atoms with van der Waals surface area (Å²) in [6.45, 7) is 8.97. The van der Waals surface area contributed by atoms with Gasteiger partial charge in [-0.3, -0.25) is 0 Å². The molecule has 2 unspecified atom stereocenters. The Morgan fingerprint density at radius 1 is 1.36 bits per heavy atom. The number of ether oxygens (including phenoxy) is 1. The number of amides is 1. The largest absolute Gasteiger partial charge is 0.444 e. The van der Waals surface area contributed by atoms with Gasteiger partial charge in [-0.2, -0.15) is 0 Å². The summed E-state index contributed by atoms with van der Waals surface area (Å²) in [4.78, 5) is 13.9. The van der Waals surface area contributed by atoms with Gasteiger partial charge < -0.3 is 9.64 Å². The van der Waals surface area contributed by atoms with Crippen LogP contribution in [0.15, 0.2) is 22.7 Å². The standard InChI is InChI=1S/C17H23BrFNO2/c1-11-10-20(16(21)22-17(2,3)4)6-5-15(11)12-7-13(18)9-14(19)8-12/h7-9,11,15H,5-6,10H2,1-4H3. The molecule has 1 aromatic carbocycles. The summed E-state index contributed by atoms with van der Waals surface area (Å²) in [6.07, 6.45) is 0.550. The fraction of sp³-hybridized carbons (Fsp3) is 0.588. The molecule has 1 aliphatic rings. The van der Waals surface area contributed by atoms with Crippen molar-refractivity contribution in [2.24, 2.45) is 5.92 Å². The van der Waals surface area contributed by atoms with Gasteiger partial charge in [-0.05, 0) is 62.8 Å². The first-order valence-corrected chi connectivity index (χ1v) is 8.39. The van der Waals surface area contributed by atoms with Crippen LogP contribution in [-0.4, -0.2) is 29.7 Å². The first kappa shape index (κ1) is 17.3. The van der Waals surface area contributed by atoms with Crippen LogP contribution < -0.4 is 0 Å². The Morgan fingerprint density at radius 2 is 2.05 bits per heavy atom. The molecule has 122 valence electrons. The summed E-state index contributed by atoms with van der Waals surface area (Å²) < 4.78 is 19.8. The summed E-state index contributed by atoms with van der Waals surface area (Å²) in [7, 11) is 0. The van der Waals surface area contributed by atoms with Crippen molar-refractivity contribution in [3.8, 4) is 0 Å². The van der Waals surface area contributed by atoms with Crippen molar-refractivity contribution in [1.29, 1.82) is 0 Å². The molecule has 2 atom stereocenters. The van der Waals surface area contributed by atoms with Crippen LogP contribution in [0.4, 0.5) is 9.18 Å². The molecule has 0 N–H and O–H groups in total. The molecule has 0 saturated carbocycles. The van der Waals surface area contributed by atoms with Gasteiger partial charge in [-0.15, -0.1) is 0 Å². The van der Waals surface area contributed by atoms with Gasteiger partial charge in [0.05, 0.1) is 0 Å². The van der Waals surface area contributed by atoms with Gasteiger partial charge in [-0.1, -0.05) is 22.9 Å². The van der Waals surface area contributed by atoms with E-state index in [9.17, 15) is 9.18 Å². The quantitative estimate of drug-likeness (QED) is 0.698. The molecule has 1 fully saturated rings. The Labute approximate surface area is 140 Å². The van der Waals surface area contributed by atoms with Crippen molar-refractivity contribution in [3.63, 3.8) is 0 Å². The van der Waals surface area contributed by atoms with Crippen LogP contribution >= 0.6 is 15.9 Å². The summed E-state index contributed by atoms with van der Waals surface area (Å²) in [5.74, 6) is 0.284. The second-order valence-electron chi connectivity index (χ2n) is 7.00. The van der Waals surface area contributed by atoms with Crippen molar-refractivity contribution >= 4 is 22.0 Å². The van der Waals surface area contributed by atoms with Gasteiger partial charge >= 0.3 is 6.09 Å². The normalized spacial score (nSPS) is 22.5. The second-order valence-corrected chi connectivity index (χ2v) is 7.92. The van der Waals surface area contributed by atoms with Gasteiger partial charge in [-0.25, -0.2) is 9.18 Å². The second kappa shape index (κ2) is 6.57. The Kier molecular flexibility index (Phi) is 5.15. The first-order valence-electron chi connectivity index (χ1n) is 7.59. The van der Waals surface area contributed by atoms with Gasteiger partial charge in [0.2, 0.25) is 0 Å². The average Bonchev–Trinajstić information content (AvgIpc) is 2.35. The third-order valence-electron chi connectivity index (χ3n) is 3.87. The van der Waals surface area contributed by atoms with E-state index in [1.165, 1.54) is 6.07 Å². The van der Waals surface area contributed by atoms with Crippen molar-refractivity contribution in [3.05, 3.63) is 34.1 Å². The van der Waals surface area contributed by atoms with Crippen LogP contribution in [0.1, 0.15) is 45.6 Å². The van der Waals surface area contributed by atoms with Crippen LogP contribution in [0.2, 0.25) is 0 Å². The van der Waals surface area contributed by atoms with Crippen LogP contribution in [0, 0.1) is 11.7 Å². The number of halogens is 2. The minimum absolute atomic E-state index is 0.230. The summed E-state index contributed by atoms with van der Waals surface area (Å²) >= 11 is 3.34. The Balaban J connectivity index is 2.05. The highest BCUT2D eigenvalue weighted by atomic mass is 79.9. The molecule has 2 rings (SSSR count). The lowest BCUT2D eigenvalue weighted by Gasteiger charge is -2.37. The van der Waals surface area contributed by atoms with E-state index in [0.717, 1.165) is 16.5 Å². The molecule has 22 heavy (non-hydrogen) atoms. The molecule has 0 spiro atoms. The lowest BCUT2D eigenvalue weighted by atomic mass is 9.81. The maximum absolute atomic E-state index is 13.6. The maximum atomic E-state index is 13.6. The van der Waals surface area contributed by atoms with E-state index in [1.54, 1.807) is 11.0 Å². The number of hydrogen-bond acceptors (Lipinski definition) is 2. The minimum Gasteiger partial charge on any atom is -0.444 e. The van der Waals surface area contributed by atoms with Crippen molar-refractivity contribution < 1.29 is 13.9 Å². The van der Waals surface area contributed by atoms with E-state index in [-0.39, 0.29) is 23.7 Å². The molecular formula is C17H23BrFNO2. The number of carbonyl (C=O) groups is 1. The third kappa shape index (κ3) is 4.45. The number of likely N-dealkylation sites (tertiary alicyclic amines) is 1. The van der Waals surface area contributed by atoms with E-state index in [1.807, 2.05) is 26.8 Å². The Morgan fingerprint density at radius 3 is 2.59 bits per heavy atom. The van der Waals surface area contributed by atoms with E-state index in [4.69, 9.17) is 4.74 Å². The molecular weight excluding hydrogens is 349 g/mol. The number of nitrogens with zero attached hydrogens (tertiary/aromatic N) is 1. The van der Waals surface area contributed by atoms with E-state index in [2.05, 4.69) is 22.9 Å². The molecule has 3 nitrogen and oxygen atoms in total. The zero-order valence-corrected chi connectivity index (χ0v) is 15.1. The predicted octanol–water partition coefficient (Wildman–Crippen LogP) is 4.95. The molecule has 1 heterocycles. The predicted molar refractivity (Wildman–Crippen MR) is 88.4 cm³/mol. The summed E-state index contributed by atoms with van der Waals surface area (Å²) in [5, 5.41) is 0. The number of hydrogen-bond donors (Lipinski definition) is 0. The highest BCUT2D eigenvalue weighted by molar-refractivity contribution is 9.10. The number of piperidine rings is 1. The van der Waals surface area contributed by atoms with Crippen molar-refractivity contribution in [1.82, 2.24) is 4.90 Å². The van der Waals surface area contributed by atoms with Crippen molar-refractivity contribution in [2.75, 3.05) is 13.1 Å². The molecule has 1 aliphatic heterocycles. The molecule has 0 radical (unpaired) electrons. The highest BCUT2D eigenvalue weighted by Gasteiger charge is 2.32. The van der Waals surface area contributed by atoms with E-state index >= 15 is 0 Å². The molecule has 1 aromatic rings. The van der Waals surface area contributed by atoms with Crippen molar-refractivity contribution in [2.45, 2.75) is 45.6 Å². The number of benzene rings is 1. The van der Waals surface area contributed by atoms with Gasteiger partial charge in [0, 0.05) is 17.6 Å². The van der Waals surface area contributed by atoms with Crippen LogP contribution in [-0.2, 0) is 4.74 Å². The lowest BCUT2D eigenvalue weighted by Crippen LogP contribution is -2.44. The molecule has 0 aliphatic carbocycles. The van der Waals surface area contributed by atoms with E-state index < -0.39 is 5.60 Å². The maximum Gasteiger partial charge on any atom is 0.410 e. The molecule has 1 saturated heterocycles. The Hall–Kier alpha value is -1.10. The first-order chi connectivity index (χ1) is 10.2. The number of carbonyl (C=O) groups excluding carboxylic acids is 1. The third-order valence-corrected chi connectivity index (χ3v) is 4.33. The van der Waals surface area contributed by atoms with Crippen LogP contribution in [0.25, 0.3) is 0 Å². The summed E-state index contributed by atoms with van der Waals surface area (Å²) in [5.41, 5.74) is 0.508. The fourth-order valence-corrected chi connectivity index (χ4v) is 3.41. The zero-order valence-electron chi connectivity index (χ0n) is 13.5. The SMILES string of the molecule is CC1CN(C(=O)OC(C)(C)C)CCC1c1cc(F)cc(Br)c1. The Bertz CT molecular complexity index is 536. The highest BCUT2D eigenvalue weighted by Crippen LogP contribution is 2.34. The number of rotatable bonds is 1. The lowest BCUT2D eigenvalue weighted by molar-refractivity contribution is 0.0155. The molecule has 5 heteroatoms. The smallest absolute Gasteiger partial charge is 0.410 e. The topological polar surface area (TPSA) is 29.5 Å². The van der Waals surface area contributed by atoms with Gasteiger partial charge in [0.15, 0.2) is 0 Å². The van der Waals surface area contributed by atoms with Crippen LogP contribution in [0.3, 0.4) is 0 Å². The molecule has 0 aromatic heterocycles. The van der Waals surface area contributed by atoms with E-state index in [0.29, 0.717) is 13.1 Å². The molecule has 0 bridgehead atoms. The summed E-state index contributed by atoms with van der Waals surface area (Å²) in [6, 6.07) is 5.02. The van der Waals surface area contributed by atoms with Gasteiger partial charge in [0.1, 0.15) is 11.4 Å². The zero-order chi connectivity index (χ0) is 16.5. The monoisotopic (exact) mass is 371 g/mol.